The fourth-order valence-corrected chi connectivity index (χ4v) is 4.62. The van der Waals surface area contributed by atoms with E-state index in [-0.39, 0.29) is 11.2 Å². The van der Waals surface area contributed by atoms with E-state index >= 15 is 0 Å². The Bertz CT molecular complexity index is 1550. The number of hydrogen-bond acceptors (Lipinski definition) is 6. The Kier molecular flexibility index (Phi) is 5.61. The van der Waals surface area contributed by atoms with Crippen molar-refractivity contribution in [3.05, 3.63) is 81.5 Å². The van der Waals surface area contributed by atoms with Crippen molar-refractivity contribution in [3.63, 3.8) is 0 Å². The second-order valence-corrected chi connectivity index (χ2v) is 9.11. The molecular formula is C26H25F3N6O. The largest absolute Gasteiger partial charge is 0.416 e. The van der Waals surface area contributed by atoms with Crippen molar-refractivity contribution in [1.82, 2.24) is 14.5 Å². The summed E-state index contributed by atoms with van der Waals surface area (Å²) < 4.78 is 41.5. The maximum Gasteiger partial charge on any atom is 0.416 e. The van der Waals surface area contributed by atoms with Crippen LogP contribution in [0.2, 0.25) is 0 Å². The fraction of sp³-hybridized carbons (Fsp3) is 0.269. The molecule has 0 fully saturated rings. The molecule has 3 heterocycles. The van der Waals surface area contributed by atoms with E-state index in [1.807, 2.05) is 12.1 Å². The first-order chi connectivity index (χ1) is 17.0. The Morgan fingerprint density at radius 1 is 1.11 bits per heavy atom. The fourth-order valence-electron chi connectivity index (χ4n) is 4.62. The minimum absolute atomic E-state index is 0.0444. The number of nitrogen functional groups attached to an aromatic ring is 1. The van der Waals surface area contributed by atoms with E-state index in [0.29, 0.717) is 17.2 Å². The Labute approximate surface area is 205 Å². The van der Waals surface area contributed by atoms with E-state index < -0.39 is 17.8 Å². The predicted molar refractivity (Wildman–Crippen MR) is 135 cm³/mol. The van der Waals surface area contributed by atoms with E-state index in [1.165, 1.54) is 16.7 Å². The molecule has 3 N–H and O–H groups in total. The van der Waals surface area contributed by atoms with Crippen LogP contribution in [0.15, 0.2) is 53.5 Å². The smallest absolute Gasteiger partial charge is 0.399 e. The zero-order valence-electron chi connectivity index (χ0n) is 20.0. The third-order valence-corrected chi connectivity index (χ3v) is 6.44. The van der Waals surface area contributed by atoms with Crippen LogP contribution in [-0.4, -0.2) is 21.1 Å². The van der Waals surface area contributed by atoms with Crippen molar-refractivity contribution in [2.45, 2.75) is 32.5 Å². The van der Waals surface area contributed by atoms with Gasteiger partial charge in [-0.25, -0.2) is 9.97 Å². The van der Waals surface area contributed by atoms with Gasteiger partial charge in [0.2, 0.25) is 5.56 Å². The molecular weight excluding hydrogens is 469 g/mol. The summed E-state index contributed by atoms with van der Waals surface area (Å²) >= 11 is 0. The lowest BCUT2D eigenvalue weighted by Crippen LogP contribution is -2.19. The average Bonchev–Trinajstić information content (AvgIpc) is 3.21. The molecule has 1 atom stereocenters. The number of alkyl halides is 3. The van der Waals surface area contributed by atoms with Gasteiger partial charge < -0.3 is 20.5 Å². The molecule has 36 heavy (non-hydrogen) atoms. The first-order valence-electron chi connectivity index (χ1n) is 11.5. The molecule has 0 spiro atoms. The van der Waals surface area contributed by atoms with Crippen LogP contribution in [0.25, 0.3) is 10.9 Å². The summed E-state index contributed by atoms with van der Waals surface area (Å²) in [6.07, 6.45) is -1.88. The highest BCUT2D eigenvalue weighted by Gasteiger charge is 2.31. The minimum atomic E-state index is -4.49. The monoisotopic (exact) mass is 494 g/mol. The summed E-state index contributed by atoms with van der Waals surface area (Å²) in [5.41, 5.74) is 9.09. The first-order valence-corrected chi connectivity index (χ1v) is 11.5. The van der Waals surface area contributed by atoms with Gasteiger partial charge in [0.15, 0.2) is 0 Å². The molecule has 0 aliphatic carbocycles. The molecule has 2 aromatic carbocycles. The number of nitrogens with one attached hydrogen (secondary N) is 1. The van der Waals surface area contributed by atoms with Crippen LogP contribution in [0, 0.1) is 6.92 Å². The molecule has 2 aromatic heterocycles. The van der Waals surface area contributed by atoms with Crippen LogP contribution in [0.3, 0.4) is 0 Å². The highest BCUT2D eigenvalue weighted by Crippen LogP contribution is 2.39. The lowest BCUT2D eigenvalue weighted by atomic mass is 10.0. The molecule has 0 bridgehead atoms. The quantitative estimate of drug-likeness (QED) is 0.384. The van der Waals surface area contributed by atoms with Crippen molar-refractivity contribution in [2.24, 2.45) is 7.05 Å². The molecule has 0 saturated heterocycles. The molecule has 1 unspecified atom stereocenters. The number of fused-ring (bicyclic) bond motifs is 2. The highest BCUT2D eigenvalue weighted by molar-refractivity contribution is 5.94. The van der Waals surface area contributed by atoms with E-state index in [2.05, 4.69) is 20.2 Å². The molecule has 4 aromatic rings. The van der Waals surface area contributed by atoms with Crippen molar-refractivity contribution >= 4 is 33.8 Å². The lowest BCUT2D eigenvalue weighted by Gasteiger charge is -2.22. The molecule has 7 nitrogen and oxygen atoms in total. The van der Waals surface area contributed by atoms with Crippen LogP contribution >= 0.6 is 0 Å². The second kappa shape index (κ2) is 8.54. The summed E-state index contributed by atoms with van der Waals surface area (Å²) in [5, 5.41) is 4.02. The van der Waals surface area contributed by atoms with Crippen molar-refractivity contribution in [3.8, 4) is 0 Å². The maximum atomic E-state index is 13.3. The minimum Gasteiger partial charge on any atom is -0.399 e. The number of nitrogens with zero attached hydrogens (tertiary/aromatic N) is 4. The summed E-state index contributed by atoms with van der Waals surface area (Å²) in [6.45, 7) is 4.29. The van der Waals surface area contributed by atoms with Gasteiger partial charge in [0.25, 0.3) is 0 Å². The summed E-state index contributed by atoms with van der Waals surface area (Å²) in [6, 6.07) is 10.4. The van der Waals surface area contributed by atoms with Crippen LogP contribution in [0.4, 0.5) is 36.1 Å². The average molecular weight is 495 g/mol. The first kappa shape index (κ1) is 23.7. The van der Waals surface area contributed by atoms with E-state index in [9.17, 15) is 18.0 Å². The van der Waals surface area contributed by atoms with Gasteiger partial charge in [-0.2, -0.15) is 13.2 Å². The van der Waals surface area contributed by atoms with Gasteiger partial charge >= 0.3 is 6.18 Å². The van der Waals surface area contributed by atoms with Gasteiger partial charge in [0.05, 0.1) is 22.8 Å². The van der Waals surface area contributed by atoms with Gasteiger partial charge in [0.1, 0.15) is 11.6 Å². The molecule has 0 radical (unpaired) electrons. The molecule has 1 aliphatic heterocycles. The molecule has 186 valence electrons. The van der Waals surface area contributed by atoms with E-state index in [1.54, 1.807) is 33.2 Å². The number of hydrogen-bond donors (Lipinski definition) is 2. The van der Waals surface area contributed by atoms with Crippen LogP contribution in [0.1, 0.15) is 35.5 Å². The molecule has 0 amide bonds. The van der Waals surface area contributed by atoms with Crippen LogP contribution in [0.5, 0.6) is 0 Å². The number of aromatic nitrogens is 3. The second-order valence-electron chi connectivity index (χ2n) is 9.11. The summed E-state index contributed by atoms with van der Waals surface area (Å²) in [4.78, 5) is 23.1. The number of rotatable bonds is 4. The van der Waals surface area contributed by atoms with Gasteiger partial charge in [-0.15, -0.1) is 0 Å². The van der Waals surface area contributed by atoms with E-state index in [0.717, 1.165) is 52.9 Å². The predicted octanol–water partition coefficient (Wildman–Crippen LogP) is 5.11. The zero-order valence-corrected chi connectivity index (χ0v) is 20.0. The Morgan fingerprint density at radius 2 is 1.89 bits per heavy atom. The molecule has 10 heteroatoms. The van der Waals surface area contributed by atoms with Gasteiger partial charge in [-0.1, -0.05) is 0 Å². The Balaban J connectivity index is 1.55. The number of nitrogens with two attached hydrogens (primary N) is 1. The topological polar surface area (TPSA) is 89.1 Å². The number of anilines is 4. The van der Waals surface area contributed by atoms with Gasteiger partial charge in [-0.05, 0) is 67.8 Å². The van der Waals surface area contributed by atoms with Gasteiger partial charge in [0, 0.05) is 42.6 Å². The zero-order chi connectivity index (χ0) is 25.8. The van der Waals surface area contributed by atoms with Crippen LogP contribution in [-0.2, 0) is 19.6 Å². The Morgan fingerprint density at radius 3 is 2.61 bits per heavy atom. The maximum absolute atomic E-state index is 13.3. The summed E-state index contributed by atoms with van der Waals surface area (Å²) in [5.74, 6) is 1.07. The molecule has 5 rings (SSSR count). The number of halogens is 3. The highest BCUT2D eigenvalue weighted by atomic mass is 19.4. The number of benzene rings is 2. The summed E-state index contributed by atoms with van der Waals surface area (Å²) in [7, 11) is 1.71. The number of aryl methyl sites for hydroxylation is 2. The van der Waals surface area contributed by atoms with Crippen molar-refractivity contribution in [2.75, 3.05) is 22.5 Å². The normalized spacial score (nSPS) is 14.2. The standard InChI is InChI=1S/C26H25F3N6O/c1-14(17-8-18(26(27,28)29)11-19(30)9-17)31-25-21-12-23-16(10-22(21)32-15(2)33-25)6-7-35(23)20-4-5-24(36)34(3)13-20/h4-5,8-14H,6-7,30H2,1-3H3,(H,31,32,33). The third-order valence-electron chi connectivity index (χ3n) is 6.44. The van der Waals surface area contributed by atoms with E-state index in [4.69, 9.17) is 5.73 Å². The van der Waals surface area contributed by atoms with Crippen molar-refractivity contribution in [1.29, 1.82) is 0 Å². The molecule has 0 saturated carbocycles. The van der Waals surface area contributed by atoms with Crippen LogP contribution < -0.4 is 21.5 Å². The molecule has 1 aliphatic rings. The van der Waals surface area contributed by atoms with Gasteiger partial charge in [-0.3, -0.25) is 4.79 Å². The lowest BCUT2D eigenvalue weighted by molar-refractivity contribution is -0.137. The number of pyridine rings is 1. The SMILES string of the molecule is Cc1nc(NC(C)c2cc(N)cc(C(F)(F)F)c2)c2cc3c(cc2n1)CCN3c1ccc(=O)n(C)c1. The van der Waals surface area contributed by atoms with Crippen molar-refractivity contribution < 1.29 is 13.2 Å². The Hall–Kier alpha value is -4.08. The third kappa shape index (κ3) is 4.34.